The van der Waals surface area contributed by atoms with E-state index in [2.05, 4.69) is 41.3 Å². The van der Waals surface area contributed by atoms with Crippen molar-refractivity contribution in [1.82, 2.24) is 29.6 Å². The molecule has 1 fully saturated rings. The van der Waals surface area contributed by atoms with Crippen LogP contribution in [-0.2, 0) is 16.1 Å². The summed E-state index contributed by atoms with van der Waals surface area (Å²) in [7, 11) is 0. The summed E-state index contributed by atoms with van der Waals surface area (Å²) in [6, 6.07) is 9.59. The molecule has 3 atom stereocenters. The number of hydrogen-bond donors (Lipinski definition) is 2. The highest BCUT2D eigenvalue weighted by Crippen LogP contribution is 2.30. The standard InChI is InChI=1S/C26H25BrFN7O3/c1-14(36)25-19-8-16(17-10-29-15(2)30-11-17)6-7-20(19)35(33-25)13-24(37)34-12-18(28)9-21(34)26(38)32-23-5-3-4-22(27)31-23/h3-8,10-11,14,18,21,36H,9,12-13H2,1-2H3,(H,31,32,38)/t14-,18-,21+/m1/s1. The number of nitrogens with one attached hydrogen (secondary N) is 1. The molecule has 0 spiro atoms. The summed E-state index contributed by atoms with van der Waals surface area (Å²) in [4.78, 5) is 40.2. The third kappa shape index (κ3) is 5.27. The van der Waals surface area contributed by atoms with Gasteiger partial charge >= 0.3 is 0 Å². The van der Waals surface area contributed by atoms with Gasteiger partial charge in [-0.1, -0.05) is 12.1 Å². The third-order valence-corrected chi connectivity index (χ3v) is 6.86. The minimum Gasteiger partial charge on any atom is -0.387 e. The number of amides is 2. The SMILES string of the molecule is Cc1ncc(-c2ccc3c(c2)c([C@@H](C)O)nn3CC(=O)N2C[C@H](F)C[C@H]2C(=O)Nc2cccc(Br)n2)cn1. The highest BCUT2D eigenvalue weighted by molar-refractivity contribution is 9.10. The van der Waals surface area contributed by atoms with Crippen LogP contribution in [0.4, 0.5) is 10.2 Å². The number of anilines is 1. The number of alkyl halides is 1. The molecule has 1 aliphatic rings. The summed E-state index contributed by atoms with van der Waals surface area (Å²) in [5.41, 5.74) is 2.67. The molecule has 196 valence electrons. The summed E-state index contributed by atoms with van der Waals surface area (Å²) in [5, 5.41) is 18.2. The lowest BCUT2D eigenvalue weighted by molar-refractivity contribution is -0.137. The van der Waals surface area contributed by atoms with E-state index >= 15 is 0 Å². The molecule has 12 heteroatoms. The second kappa shape index (κ2) is 10.5. The van der Waals surface area contributed by atoms with Crippen molar-refractivity contribution >= 4 is 44.5 Å². The largest absolute Gasteiger partial charge is 0.387 e. The molecule has 1 aliphatic heterocycles. The van der Waals surface area contributed by atoms with Crippen LogP contribution in [0.2, 0.25) is 0 Å². The zero-order valence-electron chi connectivity index (χ0n) is 20.7. The lowest BCUT2D eigenvalue weighted by Gasteiger charge is -2.23. The topological polar surface area (TPSA) is 126 Å². The molecule has 2 amide bonds. The van der Waals surface area contributed by atoms with Crippen LogP contribution in [0.5, 0.6) is 0 Å². The van der Waals surface area contributed by atoms with Crippen LogP contribution in [0.25, 0.3) is 22.0 Å². The number of carbonyl (C=O) groups excluding carboxylic acids is 2. The van der Waals surface area contributed by atoms with Crippen molar-refractivity contribution in [2.24, 2.45) is 0 Å². The first kappa shape index (κ1) is 25.9. The highest BCUT2D eigenvalue weighted by atomic mass is 79.9. The molecule has 0 bridgehead atoms. The van der Waals surface area contributed by atoms with Gasteiger partial charge in [-0.15, -0.1) is 0 Å². The minimum absolute atomic E-state index is 0.105. The first-order valence-corrected chi connectivity index (χ1v) is 12.8. The minimum atomic E-state index is -1.33. The summed E-state index contributed by atoms with van der Waals surface area (Å²) in [6.45, 7) is 2.99. The lowest BCUT2D eigenvalue weighted by atomic mass is 10.0. The number of aliphatic hydroxyl groups excluding tert-OH is 1. The molecule has 1 aromatic carbocycles. The van der Waals surface area contributed by atoms with Gasteiger partial charge in [0.1, 0.15) is 35.0 Å². The number of hydrogen-bond acceptors (Lipinski definition) is 7. The Morgan fingerprint density at radius 1 is 1.21 bits per heavy atom. The first-order chi connectivity index (χ1) is 18.2. The lowest BCUT2D eigenvalue weighted by Crippen LogP contribution is -2.44. The Balaban J connectivity index is 1.40. The smallest absolute Gasteiger partial charge is 0.248 e. The van der Waals surface area contributed by atoms with Crippen molar-refractivity contribution in [2.45, 2.75) is 45.1 Å². The molecule has 0 unspecified atom stereocenters. The molecule has 4 heterocycles. The van der Waals surface area contributed by atoms with Crippen molar-refractivity contribution in [2.75, 3.05) is 11.9 Å². The Labute approximate surface area is 226 Å². The molecule has 4 aromatic rings. The van der Waals surface area contributed by atoms with E-state index in [1.54, 1.807) is 44.4 Å². The van der Waals surface area contributed by atoms with Crippen LogP contribution >= 0.6 is 15.9 Å². The number of carbonyl (C=O) groups is 2. The van der Waals surface area contributed by atoms with Gasteiger partial charge in [-0.3, -0.25) is 14.3 Å². The van der Waals surface area contributed by atoms with E-state index in [9.17, 15) is 19.1 Å². The van der Waals surface area contributed by atoms with Crippen LogP contribution in [-0.4, -0.2) is 65.3 Å². The van der Waals surface area contributed by atoms with Gasteiger partial charge < -0.3 is 15.3 Å². The maximum atomic E-state index is 14.4. The average molecular weight is 582 g/mol. The normalized spacial score (nSPS) is 18.1. The monoisotopic (exact) mass is 581 g/mol. The maximum absolute atomic E-state index is 14.4. The van der Waals surface area contributed by atoms with Gasteiger partial charge in [0.15, 0.2) is 0 Å². The second-order valence-corrected chi connectivity index (χ2v) is 10.0. The van der Waals surface area contributed by atoms with E-state index in [0.717, 1.165) is 11.1 Å². The Morgan fingerprint density at radius 2 is 1.97 bits per heavy atom. The van der Waals surface area contributed by atoms with Crippen LogP contribution in [0.3, 0.4) is 0 Å². The predicted molar refractivity (Wildman–Crippen MR) is 142 cm³/mol. The first-order valence-electron chi connectivity index (χ1n) is 12.0. The van der Waals surface area contributed by atoms with Crippen molar-refractivity contribution in [1.29, 1.82) is 0 Å². The number of nitrogens with zero attached hydrogens (tertiary/aromatic N) is 6. The van der Waals surface area contributed by atoms with Crippen LogP contribution in [0.1, 0.15) is 31.0 Å². The van der Waals surface area contributed by atoms with Crippen LogP contribution in [0, 0.1) is 6.92 Å². The van der Waals surface area contributed by atoms with Gasteiger partial charge in [0.05, 0.1) is 23.9 Å². The van der Waals surface area contributed by atoms with E-state index in [1.807, 2.05) is 18.2 Å². The van der Waals surface area contributed by atoms with Gasteiger partial charge in [0.2, 0.25) is 11.8 Å². The number of pyridine rings is 1. The Bertz CT molecular complexity index is 1510. The van der Waals surface area contributed by atoms with Crippen molar-refractivity contribution in [3.8, 4) is 11.1 Å². The molecule has 0 aliphatic carbocycles. The summed E-state index contributed by atoms with van der Waals surface area (Å²) in [6.07, 6.45) is 1.11. The molecular weight excluding hydrogens is 557 g/mol. The molecule has 0 radical (unpaired) electrons. The molecule has 5 rings (SSSR count). The Morgan fingerprint density at radius 3 is 2.68 bits per heavy atom. The average Bonchev–Trinajstić information content (AvgIpc) is 3.45. The fraction of sp³-hybridized carbons (Fsp3) is 0.308. The van der Waals surface area contributed by atoms with Crippen molar-refractivity contribution in [3.05, 3.63) is 64.9 Å². The summed E-state index contributed by atoms with van der Waals surface area (Å²) >= 11 is 3.25. The van der Waals surface area contributed by atoms with E-state index in [1.165, 1.54) is 9.58 Å². The second-order valence-electron chi connectivity index (χ2n) is 9.20. The molecular formula is C26H25BrFN7O3. The molecule has 0 saturated carbocycles. The number of likely N-dealkylation sites (tertiary alicyclic amines) is 1. The fourth-order valence-electron chi connectivity index (χ4n) is 4.57. The van der Waals surface area contributed by atoms with Gasteiger partial charge in [-0.2, -0.15) is 5.10 Å². The summed E-state index contributed by atoms with van der Waals surface area (Å²) < 4.78 is 16.4. The van der Waals surface area contributed by atoms with E-state index in [-0.39, 0.29) is 19.5 Å². The number of halogens is 2. The third-order valence-electron chi connectivity index (χ3n) is 6.41. The highest BCUT2D eigenvalue weighted by Gasteiger charge is 2.40. The number of aromatic nitrogens is 5. The number of rotatable bonds is 6. The Hall–Kier alpha value is -3.77. The van der Waals surface area contributed by atoms with Gasteiger partial charge in [-0.25, -0.2) is 19.3 Å². The molecule has 3 aromatic heterocycles. The van der Waals surface area contributed by atoms with Crippen molar-refractivity contribution in [3.63, 3.8) is 0 Å². The zero-order chi connectivity index (χ0) is 27.0. The molecule has 38 heavy (non-hydrogen) atoms. The van der Waals surface area contributed by atoms with Gasteiger partial charge in [-0.05, 0) is 59.6 Å². The summed E-state index contributed by atoms with van der Waals surface area (Å²) in [5.74, 6) is -0.00855. The number of aryl methyl sites for hydroxylation is 1. The van der Waals surface area contributed by atoms with Crippen LogP contribution in [0.15, 0.2) is 53.4 Å². The predicted octanol–water partition coefficient (Wildman–Crippen LogP) is 3.59. The van der Waals surface area contributed by atoms with Crippen molar-refractivity contribution < 1.29 is 19.1 Å². The number of benzene rings is 1. The van der Waals surface area contributed by atoms with E-state index in [4.69, 9.17) is 0 Å². The van der Waals surface area contributed by atoms with Gasteiger partial charge in [0.25, 0.3) is 0 Å². The maximum Gasteiger partial charge on any atom is 0.248 e. The zero-order valence-corrected chi connectivity index (χ0v) is 22.3. The van der Waals surface area contributed by atoms with E-state index < -0.39 is 30.1 Å². The molecule has 1 saturated heterocycles. The van der Waals surface area contributed by atoms with Gasteiger partial charge in [0, 0.05) is 29.8 Å². The Kier molecular flexibility index (Phi) is 7.17. The molecule has 2 N–H and O–H groups in total. The quantitative estimate of drug-likeness (QED) is 0.333. The van der Waals surface area contributed by atoms with E-state index in [0.29, 0.717) is 32.8 Å². The fourth-order valence-corrected chi connectivity index (χ4v) is 4.91. The number of fused-ring (bicyclic) bond motifs is 1. The van der Waals surface area contributed by atoms with Crippen LogP contribution < -0.4 is 5.32 Å². The molecule has 10 nitrogen and oxygen atoms in total. The number of aliphatic hydroxyl groups is 1.